The molecule has 2 heterocycles. The molecule has 0 spiro atoms. The van der Waals surface area contributed by atoms with Crippen LogP contribution in [-0.4, -0.2) is 56.9 Å². The largest absolute Gasteiger partial charge is 0.497 e. The van der Waals surface area contributed by atoms with Crippen LogP contribution in [0.15, 0.2) is 46.3 Å². The normalized spacial score (nSPS) is 18.5. The summed E-state index contributed by atoms with van der Waals surface area (Å²) in [7, 11) is 4.95. The molecule has 0 unspecified atom stereocenters. The van der Waals surface area contributed by atoms with Gasteiger partial charge in [-0.1, -0.05) is 0 Å². The molecule has 0 N–H and O–H groups in total. The minimum absolute atomic E-state index is 0.0700. The van der Waals surface area contributed by atoms with Gasteiger partial charge in [0.25, 0.3) is 5.91 Å². The van der Waals surface area contributed by atoms with Gasteiger partial charge in [0.05, 0.1) is 37.6 Å². The SMILES string of the molecule is CCN1C(=O)/C(=C\c2cc(OC)c(N3CCCC3)cc2OC)SC1=Nc1ccc(OC)cc1. The first-order valence-electron chi connectivity index (χ1n) is 11.0. The second-order valence-electron chi connectivity index (χ2n) is 7.71. The Morgan fingerprint density at radius 3 is 2.30 bits per heavy atom. The number of thioether (sulfide) groups is 1. The predicted molar refractivity (Wildman–Crippen MR) is 134 cm³/mol. The van der Waals surface area contributed by atoms with Gasteiger partial charge >= 0.3 is 0 Å². The van der Waals surface area contributed by atoms with E-state index in [-0.39, 0.29) is 5.91 Å². The van der Waals surface area contributed by atoms with Gasteiger partial charge in [0.1, 0.15) is 17.2 Å². The molecule has 2 saturated heterocycles. The van der Waals surface area contributed by atoms with Gasteiger partial charge in [-0.15, -0.1) is 0 Å². The lowest BCUT2D eigenvalue weighted by Crippen LogP contribution is -2.28. The highest BCUT2D eigenvalue weighted by atomic mass is 32.2. The molecule has 0 radical (unpaired) electrons. The van der Waals surface area contributed by atoms with E-state index in [1.807, 2.05) is 49.4 Å². The van der Waals surface area contributed by atoms with Crippen LogP contribution in [-0.2, 0) is 4.79 Å². The molecule has 0 atom stereocenters. The Bertz CT molecular complexity index is 1080. The van der Waals surface area contributed by atoms with Gasteiger partial charge in [0.15, 0.2) is 5.17 Å². The van der Waals surface area contributed by atoms with E-state index in [1.54, 1.807) is 26.2 Å². The molecular formula is C25H29N3O4S. The molecule has 0 aromatic heterocycles. The molecule has 2 aromatic carbocycles. The van der Waals surface area contributed by atoms with Crippen molar-refractivity contribution in [3.63, 3.8) is 0 Å². The highest BCUT2D eigenvalue weighted by Gasteiger charge is 2.32. The maximum atomic E-state index is 13.1. The van der Waals surface area contributed by atoms with Crippen LogP contribution in [0.1, 0.15) is 25.3 Å². The number of rotatable bonds is 7. The Labute approximate surface area is 199 Å². The fourth-order valence-corrected chi connectivity index (χ4v) is 5.06. The molecule has 0 aliphatic carbocycles. The molecule has 2 fully saturated rings. The Morgan fingerprint density at radius 1 is 1.00 bits per heavy atom. The van der Waals surface area contributed by atoms with Crippen LogP contribution < -0.4 is 19.1 Å². The van der Waals surface area contributed by atoms with Crippen molar-refractivity contribution in [2.45, 2.75) is 19.8 Å². The maximum absolute atomic E-state index is 13.1. The average Bonchev–Trinajstić information content (AvgIpc) is 3.47. The standard InChI is InChI=1S/C25H29N3O4S/c1-5-28-24(29)23(33-25(28)26-18-8-10-19(30-2)11-9-18)15-17-14-22(32-4)20(16-21(17)31-3)27-12-6-7-13-27/h8-11,14-16H,5-7,12-13H2,1-4H3/b23-15+,26-25?. The number of amides is 1. The first-order valence-corrected chi connectivity index (χ1v) is 11.8. The number of anilines is 1. The zero-order valence-corrected chi connectivity index (χ0v) is 20.3. The fourth-order valence-electron chi connectivity index (χ4n) is 4.00. The Kier molecular flexibility index (Phi) is 7.13. The molecule has 2 aliphatic rings. The van der Waals surface area contributed by atoms with Gasteiger partial charge in [-0.3, -0.25) is 9.69 Å². The van der Waals surface area contributed by atoms with E-state index in [4.69, 9.17) is 19.2 Å². The molecule has 174 valence electrons. The van der Waals surface area contributed by atoms with E-state index in [9.17, 15) is 4.79 Å². The van der Waals surface area contributed by atoms with Gasteiger partial charge in [-0.05, 0) is 67.9 Å². The molecule has 2 aliphatic heterocycles. The molecule has 2 aromatic rings. The van der Waals surface area contributed by atoms with Crippen LogP contribution in [0.5, 0.6) is 17.2 Å². The second-order valence-corrected chi connectivity index (χ2v) is 8.72. The maximum Gasteiger partial charge on any atom is 0.266 e. The highest BCUT2D eigenvalue weighted by molar-refractivity contribution is 8.18. The summed E-state index contributed by atoms with van der Waals surface area (Å²) in [4.78, 5) is 22.4. The number of hydrogen-bond donors (Lipinski definition) is 0. The molecule has 4 rings (SSSR count). The second kappa shape index (κ2) is 10.2. The summed E-state index contributed by atoms with van der Waals surface area (Å²) < 4.78 is 16.6. The lowest BCUT2D eigenvalue weighted by molar-refractivity contribution is -0.122. The number of methoxy groups -OCH3 is 3. The summed E-state index contributed by atoms with van der Waals surface area (Å²) in [5.41, 5.74) is 2.59. The van der Waals surface area contributed by atoms with Crippen LogP contribution in [0, 0.1) is 0 Å². The summed E-state index contributed by atoms with van der Waals surface area (Å²) in [5, 5.41) is 0.651. The van der Waals surface area contributed by atoms with Crippen molar-refractivity contribution < 1.29 is 19.0 Å². The molecular weight excluding hydrogens is 438 g/mol. The molecule has 7 nitrogen and oxygen atoms in total. The van der Waals surface area contributed by atoms with Crippen LogP contribution >= 0.6 is 11.8 Å². The number of carbonyl (C=O) groups excluding carboxylic acids is 1. The quantitative estimate of drug-likeness (QED) is 0.538. The van der Waals surface area contributed by atoms with E-state index < -0.39 is 0 Å². The summed E-state index contributed by atoms with van der Waals surface area (Å²) >= 11 is 1.36. The van der Waals surface area contributed by atoms with Crippen LogP contribution in [0.2, 0.25) is 0 Å². The smallest absolute Gasteiger partial charge is 0.266 e. The summed E-state index contributed by atoms with van der Waals surface area (Å²) in [6.45, 7) is 4.49. The number of aliphatic imine (C=N–C) groups is 1. The molecule has 8 heteroatoms. The number of nitrogens with zero attached hydrogens (tertiary/aromatic N) is 3. The summed E-state index contributed by atoms with van der Waals surface area (Å²) in [5.74, 6) is 2.18. The minimum Gasteiger partial charge on any atom is -0.497 e. The Balaban J connectivity index is 1.67. The van der Waals surface area contributed by atoms with Crippen molar-refractivity contribution in [3.8, 4) is 17.2 Å². The number of benzene rings is 2. The Hall–Kier alpha value is -3.13. The summed E-state index contributed by atoms with van der Waals surface area (Å²) in [6.07, 6.45) is 4.21. The third-order valence-electron chi connectivity index (χ3n) is 5.77. The fraction of sp³-hybridized carbons (Fsp3) is 0.360. The van der Waals surface area contributed by atoms with Gasteiger partial charge < -0.3 is 19.1 Å². The van der Waals surface area contributed by atoms with Gasteiger partial charge in [0, 0.05) is 31.3 Å². The lowest BCUT2D eigenvalue weighted by Gasteiger charge is -2.22. The van der Waals surface area contributed by atoms with Crippen molar-refractivity contribution >= 4 is 40.3 Å². The van der Waals surface area contributed by atoms with Crippen molar-refractivity contribution in [2.24, 2.45) is 4.99 Å². The topological polar surface area (TPSA) is 63.6 Å². The van der Waals surface area contributed by atoms with Crippen molar-refractivity contribution in [1.82, 2.24) is 4.90 Å². The van der Waals surface area contributed by atoms with Crippen molar-refractivity contribution in [3.05, 3.63) is 46.9 Å². The average molecular weight is 468 g/mol. The van der Waals surface area contributed by atoms with Crippen LogP contribution in [0.4, 0.5) is 11.4 Å². The first kappa shape index (κ1) is 23.0. The van der Waals surface area contributed by atoms with Gasteiger partial charge in [0.2, 0.25) is 0 Å². The summed E-state index contributed by atoms with van der Waals surface area (Å²) in [6, 6.07) is 11.4. The van der Waals surface area contributed by atoms with Crippen LogP contribution in [0.3, 0.4) is 0 Å². The van der Waals surface area contributed by atoms with E-state index >= 15 is 0 Å². The highest BCUT2D eigenvalue weighted by Crippen LogP contribution is 2.40. The van der Waals surface area contributed by atoms with Crippen molar-refractivity contribution in [2.75, 3.05) is 45.9 Å². The first-order chi connectivity index (χ1) is 16.1. The lowest BCUT2D eigenvalue weighted by atomic mass is 10.1. The molecule has 0 saturated carbocycles. The Morgan fingerprint density at radius 2 is 1.70 bits per heavy atom. The number of amidine groups is 1. The monoisotopic (exact) mass is 467 g/mol. The van der Waals surface area contributed by atoms with E-state index in [2.05, 4.69) is 4.90 Å². The van der Waals surface area contributed by atoms with Gasteiger partial charge in [-0.25, -0.2) is 4.99 Å². The van der Waals surface area contributed by atoms with Gasteiger partial charge in [-0.2, -0.15) is 0 Å². The molecule has 1 amide bonds. The number of ether oxygens (including phenoxy) is 3. The zero-order chi connectivity index (χ0) is 23.4. The molecule has 33 heavy (non-hydrogen) atoms. The third kappa shape index (κ3) is 4.80. The van der Waals surface area contributed by atoms with E-state index in [0.29, 0.717) is 22.4 Å². The number of likely N-dealkylation sites (N-methyl/N-ethyl adjacent to an activating group) is 1. The third-order valence-corrected chi connectivity index (χ3v) is 6.77. The zero-order valence-electron chi connectivity index (χ0n) is 19.5. The number of hydrogen-bond acceptors (Lipinski definition) is 7. The van der Waals surface area contributed by atoms with Crippen molar-refractivity contribution in [1.29, 1.82) is 0 Å². The van der Waals surface area contributed by atoms with E-state index in [0.717, 1.165) is 41.5 Å². The molecule has 0 bridgehead atoms. The minimum atomic E-state index is -0.0700. The van der Waals surface area contributed by atoms with Crippen LogP contribution in [0.25, 0.3) is 6.08 Å². The predicted octanol–water partition coefficient (Wildman–Crippen LogP) is 4.94. The van der Waals surface area contributed by atoms with E-state index in [1.165, 1.54) is 24.6 Å². The number of carbonyl (C=O) groups is 1.